The van der Waals surface area contributed by atoms with Crippen molar-refractivity contribution in [2.24, 2.45) is 0 Å². The Morgan fingerprint density at radius 2 is 1.90 bits per heavy atom. The van der Waals surface area contributed by atoms with E-state index in [1.807, 2.05) is 0 Å². The number of nitrogens with zero attached hydrogens (tertiary/aromatic N) is 2. The van der Waals surface area contributed by atoms with Crippen molar-refractivity contribution >= 4 is 11.6 Å². The van der Waals surface area contributed by atoms with Crippen molar-refractivity contribution in [1.82, 2.24) is 9.97 Å². The van der Waals surface area contributed by atoms with Gasteiger partial charge in [-0.25, -0.2) is 9.97 Å². The maximum Gasteiger partial charge on any atom is 0.134 e. The number of aryl methyl sites for hydroxylation is 1. The molecule has 0 aliphatic carbocycles. The molecule has 1 aromatic heterocycles. The van der Waals surface area contributed by atoms with Crippen LogP contribution in [0.15, 0.2) is 0 Å². The topological polar surface area (TPSA) is 59.1 Å². The summed E-state index contributed by atoms with van der Waals surface area (Å²) < 4.78 is 5.12. The van der Waals surface area contributed by atoms with Crippen LogP contribution in [-0.4, -0.2) is 36.3 Å². The van der Waals surface area contributed by atoms with Crippen LogP contribution in [0.25, 0.3) is 0 Å². The van der Waals surface area contributed by atoms with Crippen LogP contribution in [0.1, 0.15) is 45.0 Å². The molecule has 1 heterocycles. The monoisotopic (exact) mass is 280 g/mol. The lowest BCUT2D eigenvalue weighted by molar-refractivity contribution is 0.191. The van der Waals surface area contributed by atoms with Gasteiger partial charge in [0.1, 0.15) is 17.5 Å². The molecule has 114 valence electrons. The van der Waals surface area contributed by atoms with Crippen LogP contribution in [0.5, 0.6) is 0 Å². The van der Waals surface area contributed by atoms with Crippen LogP contribution < -0.4 is 10.6 Å². The lowest BCUT2D eigenvalue weighted by atomic mass is 10.2. The first-order valence-corrected chi connectivity index (χ1v) is 7.49. The Bertz CT molecular complexity index is 409. The minimum Gasteiger partial charge on any atom is -0.385 e. The van der Waals surface area contributed by atoms with Crippen LogP contribution in [0.4, 0.5) is 11.6 Å². The summed E-state index contributed by atoms with van der Waals surface area (Å²) in [5, 5.41) is 6.84. The van der Waals surface area contributed by atoms with E-state index in [2.05, 4.69) is 48.3 Å². The first-order valence-electron chi connectivity index (χ1n) is 7.49. The highest BCUT2D eigenvalue weighted by Crippen LogP contribution is 2.21. The molecule has 5 nitrogen and oxygen atoms in total. The standard InChI is InChI=1S/C15H28N4O/c1-6-9-16-14-12(4)15(19-13(7-2)18-14)17-11(3)8-10-20-5/h11H,6-10H2,1-5H3,(H2,16,17,18,19). The highest BCUT2D eigenvalue weighted by Gasteiger charge is 2.12. The molecule has 2 N–H and O–H groups in total. The minimum atomic E-state index is 0.326. The molecule has 1 atom stereocenters. The Hall–Kier alpha value is -1.36. The largest absolute Gasteiger partial charge is 0.385 e. The van der Waals surface area contributed by atoms with Gasteiger partial charge in [-0.2, -0.15) is 0 Å². The maximum atomic E-state index is 5.12. The van der Waals surface area contributed by atoms with Crippen LogP contribution in [-0.2, 0) is 11.2 Å². The average molecular weight is 280 g/mol. The fourth-order valence-corrected chi connectivity index (χ4v) is 1.88. The fraction of sp³-hybridized carbons (Fsp3) is 0.733. The van der Waals surface area contributed by atoms with Crippen LogP contribution in [0, 0.1) is 6.92 Å². The summed E-state index contributed by atoms with van der Waals surface area (Å²) >= 11 is 0. The molecule has 0 radical (unpaired) electrons. The summed E-state index contributed by atoms with van der Waals surface area (Å²) in [7, 11) is 1.73. The third kappa shape index (κ3) is 4.96. The molecule has 5 heteroatoms. The molecule has 0 aliphatic heterocycles. The van der Waals surface area contributed by atoms with Gasteiger partial charge >= 0.3 is 0 Å². The number of anilines is 2. The second-order valence-electron chi connectivity index (χ2n) is 5.07. The summed E-state index contributed by atoms with van der Waals surface area (Å²) in [5.41, 5.74) is 1.08. The van der Waals surface area contributed by atoms with Gasteiger partial charge in [0.2, 0.25) is 0 Å². The van der Waals surface area contributed by atoms with E-state index in [4.69, 9.17) is 4.74 Å². The number of hydrogen-bond donors (Lipinski definition) is 2. The highest BCUT2D eigenvalue weighted by molar-refractivity contribution is 5.57. The fourth-order valence-electron chi connectivity index (χ4n) is 1.88. The lowest BCUT2D eigenvalue weighted by Gasteiger charge is -2.18. The van der Waals surface area contributed by atoms with Crippen LogP contribution >= 0.6 is 0 Å². The van der Waals surface area contributed by atoms with Gasteiger partial charge in [-0.15, -0.1) is 0 Å². The third-order valence-corrected chi connectivity index (χ3v) is 3.19. The predicted molar refractivity (Wildman–Crippen MR) is 84.5 cm³/mol. The summed E-state index contributed by atoms with van der Waals surface area (Å²) in [4.78, 5) is 9.18. The zero-order chi connectivity index (χ0) is 15.0. The molecule has 0 aromatic carbocycles. The normalized spacial score (nSPS) is 12.2. The molecule has 0 amide bonds. The van der Waals surface area contributed by atoms with E-state index in [0.29, 0.717) is 6.04 Å². The van der Waals surface area contributed by atoms with Crippen molar-refractivity contribution in [3.63, 3.8) is 0 Å². The minimum absolute atomic E-state index is 0.326. The van der Waals surface area contributed by atoms with E-state index >= 15 is 0 Å². The number of nitrogens with one attached hydrogen (secondary N) is 2. The Labute approximate surface area is 122 Å². The molecular weight excluding hydrogens is 252 g/mol. The summed E-state index contributed by atoms with van der Waals surface area (Å²) in [6.07, 6.45) is 2.87. The molecule has 0 saturated heterocycles. The Morgan fingerprint density at radius 3 is 2.50 bits per heavy atom. The van der Waals surface area contributed by atoms with E-state index < -0.39 is 0 Å². The first-order chi connectivity index (χ1) is 9.62. The van der Waals surface area contributed by atoms with Crippen molar-refractivity contribution in [1.29, 1.82) is 0 Å². The van der Waals surface area contributed by atoms with Crippen molar-refractivity contribution in [3.05, 3.63) is 11.4 Å². The molecule has 0 aliphatic rings. The SMILES string of the molecule is CCCNc1nc(CC)nc(NC(C)CCOC)c1C. The highest BCUT2D eigenvalue weighted by atomic mass is 16.5. The van der Waals surface area contributed by atoms with Crippen molar-refractivity contribution in [2.45, 2.75) is 53.0 Å². The smallest absolute Gasteiger partial charge is 0.134 e. The maximum absolute atomic E-state index is 5.12. The van der Waals surface area contributed by atoms with Gasteiger partial charge in [0.15, 0.2) is 0 Å². The Kier molecular flexibility index (Phi) is 7.30. The molecular formula is C15H28N4O. The van der Waals surface area contributed by atoms with Gasteiger partial charge < -0.3 is 15.4 Å². The van der Waals surface area contributed by atoms with E-state index in [1.165, 1.54) is 0 Å². The van der Waals surface area contributed by atoms with Gasteiger partial charge in [-0.1, -0.05) is 13.8 Å². The summed E-state index contributed by atoms with van der Waals surface area (Å²) in [6.45, 7) is 10.1. The van der Waals surface area contributed by atoms with E-state index in [9.17, 15) is 0 Å². The quantitative estimate of drug-likeness (QED) is 0.728. The molecule has 0 fully saturated rings. The number of hydrogen-bond acceptors (Lipinski definition) is 5. The molecule has 0 saturated carbocycles. The number of aromatic nitrogens is 2. The van der Waals surface area contributed by atoms with Gasteiger partial charge in [0.25, 0.3) is 0 Å². The molecule has 0 spiro atoms. The summed E-state index contributed by atoms with van der Waals surface area (Å²) in [5.74, 6) is 2.75. The number of methoxy groups -OCH3 is 1. The van der Waals surface area contributed by atoms with Crippen molar-refractivity contribution in [3.8, 4) is 0 Å². The Morgan fingerprint density at radius 1 is 1.20 bits per heavy atom. The Balaban J connectivity index is 2.87. The van der Waals surface area contributed by atoms with Gasteiger partial charge in [-0.3, -0.25) is 0 Å². The molecule has 1 rings (SSSR count). The van der Waals surface area contributed by atoms with Crippen molar-refractivity contribution < 1.29 is 4.74 Å². The van der Waals surface area contributed by atoms with Gasteiger partial charge in [0, 0.05) is 38.3 Å². The lowest BCUT2D eigenvalue weighted by Crippen LogP contribution is -2.20. The average Bonchev–Trinajstić information content (AvgIpc) is 2.45. The first kappa shape index (κ1) is 16.7. The zero-order valence-corrected chi connectivity index (χ0v) is 13.4. The van der Waals surface area contributed by atoms with Crippen molar-refractivity contribution in [2.75, 3.05) is 30.9 Å². The zero-order valence-electron chi connectivity index (χ0n) is 13.4. The van der Waals surface area contributed by atoms with Crippen LogP contribution in [0.2, 0.25) is 0 Å². The molecule has 1 aromatic rings. The second kappa shape index (κ2) is 8.74. The molecule has 20 heavy (non-hydrogen) atoms. The van der Waals surface area contributed by atoms with E-state index in [-0.39, 0.29) is 0 Å². The van der Waals surface area contributed by atoms with Gasteiger partial charge in [-0.05, 0) is 26.7 Å². The molecule has 0 bridgehead atoms. The van der Waals surface area contributed by atoms with E-state index in [0.717, 1.165) is 55.4 Å². The summed E-state index contributed by atoms with van der Waals surface area (Å²) in [6, 6.07) is 0.326. The molecule has 1 unspecified atom stereocenters. The van der Waals surface area contributed by atoms with E-state index in [1.54, 1.807) is 7.11 Å². The number of ether oxygens (including phenoxy) is 1. The number of rotatable bonds is 9. The second-order valence-corrected chi connectivity index (χ2v) is 5.07. The third-order valence-electron chi connectivity index (χ3n) is 3.19. The van der Waals surface area contributed by atoms with Crippen LogP contribution in [0.3, 0.4) is 0 Å². The van der Waals surface area contributed by atoms with Gasteiger partial charge in [0.05, 0.1) is 0 Å². The predicted octanol–water partition coefficient (Wildman–Crippen LogP) is 3.01.